The Kier molecular flexibility index (Phi) is 5.38. The quantitative estimate of drug-likeness (QED) is 0.900. The zero-order chi connectivity index (χ0) is 18.7. The summed E-state index contributed by atoms with van der Waals surface area (Å²) in [5, 5.41) is 9.43. The number of hydrogen-bond acceptors (Lipinski definition) is 3. The van der Waals surface area contributed by atoms with Crippen LogP contribution in [-0.4, -0.2) is 42.0 Å². The molecule has 0 aromatic heterocycles. The molecule has 0 saturated heterocycles. The summed E-state index contributed by atoms with van der Waals surface area (Å²) in [5.74, 6) is -0.0663. The van der Waals surface area contributed by atoms with E-state index in [2.05, 4.69) is 0 Å². The maximum absolute atomic E-state index is 13.0. The third-order valence-corrected chi connectivity index (χ3v) is 4.98. The minimum absolute atomic E-state index is 0.00887. The third kappa shape index (κ3) is 3.48. The lowest BCUT2D eigenvalue weighted by Crippen LogP contribution is -2.32. The smallest absolute Gasteiger partial charge is 0.254 e. The van der Waals surface area contributed by atoms with E-state index in [4.69, 9.17) is 0 Å². The van der Waals surface area contributed by atoms with Gasteiger partial charge in [-0.2, -0.15) is 0 Å². The molecule has 1 unspecified atom stereocenters. The Hall–Kier alpha value is -2.66. The van der Waals surface area contributed by atoms with Crippen LogP contribution in [0.2, 0.25) is 0 Å². The summed E-state index contributed by atoms with van der Waals surface area (Å²) in [6, 6.07) is 15.1. The van der Waals surface area contributed by atoms with Gasteiger partial charge in [-0.15, -0.1) is 0 Å². The molecule has 1 atom stereocenters. The first-order valence-electron chi connectivity index (χ1n) is 8.87. The molecule has 26 heavy (non-hydrogen) atoms. The first kappa shape index (κ1) is 18.1. The van der Waals surface area contributed by atoms with Crippen molar-refractivity contribution >= 4 is 17.5 Å². The van der Waals surface area contributed by atoms with Crippen LogP contribution in [0.4, 0.5) is 5.69 Å². The molecule has 2 aromatic rings. The molecule has 2 amide bonds. The molecule has 5 nitrogen and oxygen atoms in total. The van der Waals surface area contributed by atoms with Crippen LogP contribution in [0.1, 0.15) is 40.9 Å². The molecule has 0 fully saturated rings. The Morgan fingerprint density at radius 1 is 1.19 bits per heavy atom. The van der Waals surface area contributed by atoms with Crippen molar-refractivity contribution in [3.8, 4) is 0 Å². The van der Waals surface area contributed by atoms with Crippen molar-refractivity contribution in [2.45, 2.75) is 25.8 Å². The monoisotopic (exact) mass is 352 g/mol. The second-order valence-corrected chi connectivity index (χ2v) is 6.62. The van der Waals surface area contributed by atoms with Gasteiger partial charge < -0.3 is 14.9 Å². The third-order valence-electron chi connectivity index (χ3n) is 4.98. The fraction of sp³-hybridized carbons (Fsp3) is 0.333. The molecule has 0 saturated carbocycles. The zero-order valence-electron chi connectivity index (χ0n) is 15.2. The van der Waals surface area contributed by atoms with Gasteiger partial charge in [0.15, 0.2) is 0 Å². The first-order valence-corrected chi connectivity index (χ1v) is 8.87. The molecule has 0 radical (unpaired) electrons. The lowest BCUT2D eigenvalue weighted by Gasteiger charge is -2.28. The van der Waals surface area contributed by atoms with Crippen LogP contribution in [0.3, 0.4) is 0 Å². The van der Waals surface area contributed by atoms with Gasteiger partial charge in [-0.1, -0.05) is 30.3 Å². The van der Waals surface area contributed by atoms with Crippen molar-refractivity contribution < 1.29 is 14.7 Å². The number of aliphatic hydroxyl groups is 1. The van der Waals surface area contributed by atoms with Crippen molar-refractivity contribution in [2.75, 3.05) is 25.1 Å². The van der Waals surface area contributed by atoms with Crippen LogP contribution in [-0.2, 0) is 11.2 Å². The van der Waals surface area contributed by atoms with Crippen LogP contribution < -0.4 is 4.90 Å². The summed E-state index contributed by atoms with van der Waals surface area (Å²) in [6.45, 7) is 2.23. The van der Waals surface area contributed by atoms with Gasteiger partial charge in [0.2, 0.25) is 5.91 Å². The van der Waals surface area contributed by atoms with Gasteiger partial charge in [-0.3, -0.25) is 9.59 Å². The van der Waals surface area contributed by atoms with Crippen molar-refractivity contribution in [3.63, 3.8) is 0 Å². The summed E-state index contributed by atoms with van der Waals surface area (Å²) < 4.78 is 0. The highest BCUT2D eigenvalue weighted by molar-refractivity contribution is 5.98. The van der Waals surface area contributed by atoms with E-state index in [1.807, 2.05) is 42.5 Å². The predicted molar refractivity (Wildman–Crippen MR) is 101 cm³/mol. The van der Waals surface area contributed by atoms with Gasteiger partial charge in [0.1, 0.15) is 0 Å². The topological polar surface area (TPSA) is 60.9 Å². The first-order chi connectivity index (χ1) is 12.5. The molecule has 1 aliphatic rings. The van der Waals surface area contributed by atoms with Gasteiger partial charge in [-0.25, -0.2) is 0 Å². The van der Waals surface area contributed by atoms with E-state index < -0.39 is 0 Å². The van der Waals surface area contributed by atoms with Crippen molar-refractivity contribution in [3.05, 3.63) is 65.2 Å². The number of amides is 2. The number of hydrogen-bond donors (Lipinski definition) is 1. The number of fused-ring (bicyclic) bond motifs is 1. The normalized spacial score (nSPS) is 14.0. The predicted octanol–water partition coefficient (Wildman–Crippen LogP) is 2.79. The minimum atomic E-state index is -0.185. The van der Waals surface area contributed by atoms with Gasteiger partial charge in [0, 0.05) is 38.4 Å². The van der Waals surface area contributed by atoms with Crippen molar-refractivity contribution in [1.29, 1.82) is 0 Å². The van der Waals surface area contributed by atoms with Gasteiger partial charge in [0.05, 0.1) is 6.04 Å². The number of aliphatic hydroxyl groups excluding tert-OH is 1. The van der Waals surface area contributed by atoms with Crippen LogP contribution in [0, 0.1) is 0 Å². The maximum atomic E-state index is 13.0. The number of nitrogens with zero attached hydrogens (tertiary/aromatic N) is 2. The molecule has 0 aliphatic carbocycles. The SMILES string of the molecule is CC(=O)N1CCc2cc(C(=O)N(C)C(CCO)c3ccccc3)ccc21. The number of rotatable bonds is 5. The van der Waals surface area contributed by atoms with E-state index >= 15 is 0 Å². The maximum Gasteiger partial charge on any atom is 0.254 e. The molecule has 1 N–H and O–H groups in total. The summed E-state index contributed by atoms with van der Waals surface area (Å²) in [5.41, 5.74) is 3.53. The average molecular weight is 352 g/mol. The molecule has 136 valence electrons. The molecule has 2 aromatic carbocycles. The van der Waals surface area contributed by atoms with Gasteiger partial charge in [-0.05, 0) is 42.2 Å². The molecular weight excluding hydrogens is 328 g/mol. The highest BCUT2D eigenvalue weighted by Gasteiger charge is 2.26. The van der Waals surface area contributed by atoms with E-state index in [-0.39, 0.29) is 24.5 Å². The molecule has 3 rings (SSSR count). The standard InChI is InChI=1S/C21H24N2O3/c1-15(25)23-12-10-17-14-18(8-9-20(17)23)21(26)22(2)19(11-13-24)16-6-4-3-5-7-16/h3-9,14,19,24H,10-13H2,1-2H3. The largest absolute Gasteiger partial charge is 0.396 e. The minimum Gasteiger partial charge on any atom is -0.396 e. The zero-order valence-corrected chi connectivity index (χ0v) is 15.2. The number of carbonyl (C=O) groups excluding carboxylic acids is 2. The number of benzene rings is 2. The Balaban J connectivity index is 1.85. The number of carbonyl (C=O) groups is 2. The van der Waals surface area contributed by atoms with Crippen molar-refractivity contribution in [1.82, 2.24) is 4.90 Å². The Bertz CT molecular complexity index is 804. The number of anilines is 1. The highest BCUT2D eigenvalue weighted by Crippen LogP contribution is 2.30. The lowest BCUT2D eigenvalue weighted by atomic mass is 10.0. The average Bonchev–Trinajstić information content (AvgIpc) is 3.09. The summed E-state index contributed by atoms with van der Waals surface area (Å²) in [6.07, 6.45) is 1.24. The van der Waals surface area contributed by atoms with E-state index in [9.17, 15) is 14.7 Å². The molecular formula is C21H24N2O3. The van der Waals surface area contributed by atoms with Crippen LogP contribution in [0.25, 0.3) is 0 Å². The fourth-order valence-electron chi connectivity index (χ4n) is 3.59. The van der Waals surface area contributed by atoms with E-state index in [0.717, 1.165) is 23.2 Å². The van der Waals surface area contributed by atoms with E-state index in [1.54, 1.807) is 29.8 Å². The van der Waals surface area contributed by atoms with Gasteiger partial charge in [0.25, 0.3) is 5.91 Å². The van der Waals surface area contributed by atoms with Crippen LogP contribution in [0.15, 0.2) is 48.5 Å². The molecule has 0 bridgehead atoms. The van der Waals surface area contributed by atoms with E-state index in [0.29, 0.717) is 18.5 Å². The Morgan fingerprint density at radius 2 is 1.92 bits per heavy atom. The van der Waals surface area contributed by atoms with Gasteiger partial charge >= 0.3 is 0 Å². The summed E-state index contributed by atoms with van der Waals surface area (Å²) in [4.78, 5) is 28.1. The lowest BCUT2D eigenvalue weighted by molar-refractivity contribution is -0.116. The Labute approximate surface area is 153 Å². The fourth-order valence-corrected chi connectivity index (χ4v) is 3.59. The second-order valence-electron chi connectivity index (χ2n) is 6.62. The van der Waals surface area contributed by atoms with Crippen LogP contribution in [0.5, 0.6) is 0 Å². The highest BCUT2D eigenvalue weighted by atomic mass is 16.3. The molecule has 1 heterocycles. The molecule has 0 spiro atoms. The molecule has 1 aliphatic heterocycles. The van der Waals surface area contributed by atoms with Crippen molar-refractivity contribution in [2.24, 2.45) is 0 Å². The molecule has 5 heteroatoms. The van der Waals surface area contributed by atoms with Crippen LogP contribution >= 0.6 is 0 Å². The second kappa shape index (κ2) is 7.70. The summed E-state index contributed by atoms with van der Waals surface area (Å²) >= 11 is 0. The van der Waals surface area contributed by atoms with E-state index in [1.165, 1.54) is 0 Å². The Morgan fingerprint density at radius 3 is 2.58 bits per heavy atom. The summed E-state index contributed by atoms with van der Waals surface area (Å²) in [7, 11) is 1.77.